The van der Waals surface area contributed by atoms with E-state index in [0.29, 0.717) is 18.5 Å². The number of hydrogen-bond acceptors (Lipinski definition) is 3. The molecular formula is C29H33N3O3. The van der Waals surface area contributed by atoms with Crippen LogP contribution in [0.25, 0.3) is 10.8 Å². The first kappa shape index (κ1) is 24.5. The number of nitrogens with zero attached hydrogens (tertiary/aromatic N) is 2. The van der Waals surface area contributed by atoms with Crippen LogP contribution in [0.5, 0.6) is 0 Å². The summed E-state index contributed by atoms with van der Waals surface area (Å²) in [4.78, 5) is 43.4. The molecule has 182 valence electrons. The highest BCUT2D eigenvalue weighted by molar-refractivity contribution is 6.26. The molecule has 3 aromatic carbocycles. The maximum absolute atomic E-state index is 13.8. The van der Waals surface area contributed by atoms with Crippen LogP contribution in [0, 0.1) is 6.92 Å². The lowest BCUT2D eigenvalue weighted by atomic mass is 10.1. The first-order valence-electron chi connectivity index (χ1n) is 12.3. The molecule has 0 spiro atoms. The van der Waals surface area contributed by atoms with Gasteiger partial charge in [-0.2, -0.15) is 0 Å². The fourth-order valence-electron chi connectivity index (χ4n) is 4.61. The van der Waals surface area contributed by atoms with E-state index in [2.05, 4.69) is 5.32 Å². The molecule has 1 heterocycles. The van der Waals surface area contributed by atoms with Crippen molar-refractivity contribution in [2.24, 2.45) is 0 Å². The summed E-state index contributed by atoms with van der Waals surface area (Å²) < 4.78 is 0. The minimum absolute atomic E-state index is 0.0140. The van der Waals surface area contributed by atoms with Crippen LogP contribution in [-0.4, -0.2) is 41.2 Å². The lowest BCUT2D eigenvalue weighted by molar-refractivity contribution is -0.140. The molecule has 0 unspecified atom stereocenters. The summed E-state index contributed by atoms with van der Waals surface area (Å²) in [7, 11) is 0. The van der Waals surface area contributed by atoms with Crippen LogP contribution in [0.2, 0.25) is 0 Å². The Morgan fingerprint density at radius 2 is 1.66 bits per heavy atom. The zero-order valence-corrected chi connectivity index (χ0v) is 20.9. The van der Waals surface area contributed by atoms with E-state index in [1.807, 2.05) is 82.3 Å². The maximum atomic E-state index is 13.8. The van der Waals surface area contributed by atoms with Gasteiger partial charge in [-0.15, -0.1) is 0 Å². The third-order valence-corrected chi connectivity index (χ3v) is 6.80. The SMILES string of the molecule is CC[C@@H](C)NC(=O)[C@H](CC)N(Cc1ccc(C)cc1)C(=O)CN1C(=O)c2cccc3cccc1c23. The molecule has 0 saturated heterocycles. The molecule has 3 aromatic rings. The highest BCUT2D eigenvalue weighted by Crippen LogP contribution is 2.37. The molecule has 0 fully saturated rings. The van der Waals surface area contributed by atoms with Gasteiger partial charge in [-0.25, -0.2) is 0 Å². The Labute approximate surface area is 206 Å². The molecule has 0 aliphatic carbocycles. The van der Waals surface area contributed by atoms with Crippen molar-refractivity contribution < 1.29 is 14.4 Å². The minimum Gasteiger partial charge on any atom is -0.352 e. The fraction of sp³-hybridized carbons (Fsp3) is 0.345. The Hall–Kier alpha value is -3.67. The Bertz CT molecular complexity index is 1250. The van der Waals surface area contributed by atoms with Gasteiger partial charge >= 0.3 is 0 Å². The Morgan fingerprint density at radius 3 is 2.31 bits per heavy atom. The average molecular weight is 472 g/mol. The Kier molecular flexibility index (Phi) is 7.20. The maximum Gasteiger partial charge on any atom is 0.259 e. The quantitative estimate of drug-likeness (QED) is 0.486. The van der Waals surface area contributed by atoms with E-state index in [-0.39, 0.29) is 30.3 Å². The summed E-state index contributed by atoms with van der Waals surface area (Å²) in [5.41, 5.74) is 3.42. The van der Waals surface area contributed by atoms with E-state index >= 15 is 0 Å². The van der Waals surface area contributed by atoms with Gasteiger partial charge in [-0.1, -0.05) is 67.9 Å². The van der Waals surface area contributed by atoms with Crippen molar-refractivity contribution in [3.05, 3.63) is 77.4 Å². The summed E-state index contributed by atoms with van der Waals surface area (Å²) in [6.45, 7) is 8.07. The third-order valence-electron chi connectivity index (χ3n) is 6.80. The predicted octanol–water partition coefficient (Wildman–Crippen LogP) is 4.83. The first-order valence-corrected chi connectivity index (χ1v) is 12.3. The normalized spacial score (nSPS) is 14.2. The number of hydrogen-bond donors (Lipinski definition) is 1. The summed E-state index contributed by atoms with van der Waals surface area (Å²) in [6, 6.07) is 18.7. The number of rotatable bonds is 9. The molecule has 3 amide bonds. The van der Waals surface area contributed by atoms with Crippen LogP contribution in [0.1, 0.15) is 55.1 Å². The largest absolute Gasteiger partial charge is 0.352 e. The van der Waals surface area contributed by atoms with Crippen molar-refractivity contribution in [1.29, 1.82) is 0 Å². The molecule has 0 radical (unpaired) electrons. The van der Waals surface area contributed by atoms with Crippen LogP contribution in [0.4, 0.5) is 5.69 Å². The van der Waals surface area contributed by atoms with Crippen molar-refractivity contribution in [2.75, 3.05) is 11.4 Å². The van der Waals surface area contributed by atoms with E-state index in [0.717, 1.165) is 34.0 Å². The number of aryl methyl sites for hydroxylation is 1. The topological polar surface area (TPSA) is 69.7 Å². The summed E-state index contributed by atoms with van der Waals surface area (Å²) in [6.07, 6.45) is 1.28. The molecule has 6 nitrogen and oxygen atoms in total. The van der Waals surface area contributed by atoms with Crippen LogP contribution in [0.15, 0.2) is 60.7 Å². The van der Waals surface area contributed by atoms with Crippen molar-refractivity contribution >= 4 is 34.2 Å². The van der Waals surface area contributed by atoms with Gasteiger partial charge in [0.05, 0.1) is 5.69 Å². The van der Waals surface area contributed by atoms with Crippen molar-refractivity contribution in [3.8, 4) is 0 Å². The molecule has 2 atom stereocenters. The van der Waals surface area contributed by atoms with Crippen molar-refractivity contribution in [1.82, 2.24) is 10.2 Å². The second-order valence-corrected chi connectivity index (χ2v) is 9.32. The minimum atomic E-state index is -0.631. The molecule has 0 saturated carbocycles. The van der Waals surface area contributed by atoms with Crippen LogP contribution in [-0.2, 0) is 16.1 Å². The second kappa shape index (κ2) is 10.3. The van der Waals surface area contributed by atoms with E-state index in [1.54, 1.807) is 15.9 Å². The Balaban J connectivity index is 1.64. The summed E-state index contributed by atoms with van der Waals surface area (Å²) in [5, 5.41) is 4.88. The van der Waals surface area contributed by atoms with Gasteiger partial charge in [-0.3, -0.25) is 19.3 Å². The lowest BCUT2D eigenvalue weighted by Gasteiger charge is -2.33. The third kappa shape index (κ3) is 4.92. The number of carbonyl (C=O) groups excluding carboxylic acids is 3. The van der Waals surface area contributed by atoms with E-state index < -0.39 is 6.04 Å². The van der Waals surface area contributed by atoms with Gasteiger partial charge in [0.2, 0.25) is 11.8 Å². The number of nitrogens with one attached hydrogen (secondary N) is 1. The fourth-order valence-corrected chi connectivity index (χ4v) is 4.61. The van der Waals surface area contributed by atoms with Crippen LogP contribution < -0.4 is 10.2 Å². The van der Waals surface area contributed by atoms with E-state index in [1.165, 1.54) is 0 Å². The average Bonchev–Trinajstić information content (AvgIpc) is 3.13. The number of carbonyl (C=O) groups is 3. The number of benzene rings is 3. The number of anilines is 1. The standard InChI is InChI=1S/C29H33N3O3/c1-5-20(4)30-28(34)24(6-2)31(17-21-15-13-19(3)14-16-21)26(33)18-32-25-12-8-10-22-9-7-11-23(27(22)25)29(32)35/h7-16,20,24H,5-6,17-18H2,1-4H3,(H,30,34)/t20-,24+/m1/s1. The zero-order chi connectivity index (χ0) is 25.1. The molecule has 1 N–H and O–H groups in total. The molecule has 0 aromatic heterocycles. The molecule has 4 rings (SSSR count). The molecule has 1 aliphatic rings. The molecular weight excluding hydrogens is 438 g/mol. The van der Waals surface area contributed by atoms with Gasteiger partial charge in [0.15, 0.2) is 0 Å². The second-order valence-electron chi connectivity index (χ2n) is 9.32. The zero-order valence-electron chi connectivity index (χ0n) is 20.9. The van der Waals surface area contributed by atoms with Gasteiger partial charge in [0.1, 0.15) is 12.6 Å². The molecule has 1 aliphatic heterocycles. The monoisotopic (exact) mass is 471 g/mol. The highest BCUT2D eigenvalue weighted by Gasteiger charge is 2.35. The van der Waals surface area contributed by atoms with Crippen molar-refractivity contribution in [2.45, 2.75) is 59.2 Å². The number of amides is 3. The van der Waals surface area contributed by atoms with Crippen LogP contribution in [0.3, 0.4) is 0 Å². The predicted molar refractivity (Wildman–Crippen MR) is 139 cm³/mol. The van der Waals surface area contributed by atoms with Crippen molar-refractivity contribution in [3.63, 3.8) is 0 Å². The molecule has 6 heteroatoms. The van der Waals surface area contributed by atoms with E-state index in [9.17, 15) is 14.4 Å². The van der Waals surface area contributed by atoms with Gasteiger partial charge in [0.25, 0.3) is 5.91 Å². The lowest BCUT2D eigenvalue weighted by Crippen LogP contribution is -2.53. The highest BCUT2D eigenvalue weighted by atomic mass is 16.2. The van der Waals surface area contributed by atoms with Gasteiger partial charge < -0.3 is 10.2 Å². The van der Waals surface area contributed by atoms with Gasteiger partial charge in [-0.05, 0) is 49.8 Å². The Morgan fingerprint density at radius 1 is 0.971 bits per heavy atom. The first-order chi connectivity index (χ1) is 16.8. The van der Waals surface area contributed by atoms with Gasteiger partial charge in [0, 0.05) is 23.5 Å². The van der Waals surface area contributed by atoms with Crippen LogP contribution >= 0.6 is 0 Å². The molecule has 0 bridgehead atoms. The van der Waals surface area contributed by atoms with E-state index in [4.69, 9.17) is 0 Å². The summed E-state index contributed by atoms with van der Waals surface area (Å²) >= 11 is 0. The molecule has 35 heavy (non-hydrogen) atoms. The smallest absolute Gasteiger partial charge is 0.259 e. The summed E-state index contributed by atoms with van der Waals surface area (Å²) in [5.74, 6) is -0.604.